The van der Waals surface area contributed by atoms with Crippen LogP contribution in [0, 0.1) is 0 Å². The average Bonchev–Trinajstić information content (AvgIpc) is 3.06. The van der Waals surface area contributed by atoms with E-state index in [-0.39, 0.29) is 18.1 Å². The fourth-order valence-corrected chi connectivity index (χ4v) is 3.01. The molecule has 1 atom stereocenters. The van der Waals surface area contributed by atoms with E-state index in [1.54, 1.807) is 11.0 Å². The summed E-state index contributed by atoms with van der Waals surface area (Å²) in [6, 6.07) is 5.27. The normalized spacial score (nSPS) is 23.4. The molecule has 1 fully saturated rings. The summed E-state index contributed by atoms with van der Waals surface area (Å²) in [4.78, 5) is 17.4. The third-order valence-electron chi connectivity index (χ3n) is 3.20. The van der Waals surface area contributed by atoms with Crippen molar-refractivity contribution in [2.24, 2.45) is 10.7 Å². The molecule has 2 amide bonds. The van der Waals surface area contributed by atoms with Crippen molar-refractivity contribution in [3.8, 4) is 0 Å². The lowest BCUT2D eigenvalue weighted by Gasteiger charge is -2.25. The molecule has 0 bridgehead atoms. The SMILES string of the molecule is NC1=NC(=O)N(C2CC2)C1c1ccc(Br)cc1Cl. The number of nitrogens with zero attached hydrogens (tertiary/aromatic N) is 2. The molecule has 0 aromatic heterocycles. The highest BCUT2D eigenvalue weighted by Crippen LogP contribution is 2.40. The van der Waals surface area contributed by atoms with Crippen molar-refractivity contribution < 1.29 is 4.79 Å². The van der Waals surface area contributed by atoms with Gasteiger partial charge in [0.1, 0.15) is 11.9 Å². The summed E-state index contributed by atoms with van der Waals surface area (Å²) in [5.74, 6) is 0.330. The van der Waals surface area contributed by atoms with Crippen LogP contribution in [0.4, 0.5) is 4.79 Å². The van der Waals surface area contributed by atoms with Crippen LogP contribution in [0.15, 0.2) is 27.7 Å². The van der Waals surface area contributed by atoms with Crippen molar-refractivity contribution in [1.29, 1.82) is 0 Å². The number of hydrogen-bond acceptors (Lipinski definition) is 2. The Balaban J connectivity index is 2.03. The van der Waals surface area contributed by atoms with Crippen LogP contribution in [0.2, 0.25) is 5.02 Å². The van der Waals surface area contributed by atoms with Crippen LogP contribution in [0.5, 0.6) is 0 Å². The number of hydrogen-bond donors (Lipinski definition) is 1. The van der Waals surface area contributed by atoms with Crippen LogP contribution < -0.4 is 5.73 Å². The molecule has 1 aliphatic heterocycles. The average molecular weight is 329 g/mol. The number of amidine groups is 1. The number of carbonyl (C=O) groups excluding carboxylic acids is 1. The summed E-state index contributed by atoms with van der Waals surface area (Å²) in [5, 5.41) is 0.591. The van der Waals surface area contributed by atoms with Gasteiger partial charge in [-0.05, 0) is 25.0 Å². The predicted octanol–water partition coefficient (Wildman–Crippen LogP) is 3.10. The predicted molar refractivity (Wildman–Crippen MR) is 73.8 cm³/mol. The molecule has 1 aromatic carbocycles. The summed E-state index contributed by atoms with van der Waals surface area (Å²) >= 11 is 9.60. The smallest absolute Gasteiger partial charge is 0.346 e. The molecule has 1 aliphatic carbocycles. The van der Waals surface area contributed by atoms with Gasteiger partial charge in [0.25, 0.3) is 0 Å². The second kappa shape index (κ2) is 4.24. The Labute approximate surface area is 118 Å². The van der Waals surface area contributed by atoms with E-state index in [2.05, 4.69) is 20.9 Å². The lowest BCUT2D eigenvalue weighted by molar-refractivity contribution is 0.203. The fraction of sp³-hybridized carbons (Fsp3) is 0.333. The molecule has 0 saturated heterocycles. The number of urea groups is 1. The molecule has 2 N–H and O–H groups in total. The van der Waals surface area contributed by atoms with Gasteiger partial charge in [-0.25, -0.2) is 4.79 Å². The Bertz CT molecular complexity index is 556. The molecule has 3 rings (SSSR count). The molecule has 0 spiro atoms. The van der Waals surface area contributed by atoms with E-state index in [1.807, 2.05) is 12.1 Å². The summed E-state index contributed by atoms with van der Waals surface area (Å²) in [6.45, 7) is 0. The Morgan fingerprint density at radius 3 is 2.78 bits per heavy atom. The number of aliphatic imine (C=N–C) groups is 1. The van der Waals surface area contributed by atoms with Gasteiger partial charge in [0.05, 0.1) is 0 Å². The first-order valence-corrected chi connectivity index (χ1v) is 6.86. The van der Waals surface area contributed by atoms with Crippen LogP contribution in [0.3, 0.4) is 0 Å². The van der Waals surface area contributed by atoms with Crippen molar-refractivity contribution in [2.45, 2.75) is 24.9 Å². The van der Waals surface area contributed by atoms with Crippen LogP contribution in [0.1, 0.15) is 24.4 Å². The third-order valence-corrected chi connectivity index (χ3v) is 4.02. The number of carbonyl (C=O) groups is 1. The first kappa shape index (κ1) is 12.0. The lowest BCUT2D eigenvalue weighted by atomic mass is 10.1. The molecule has 1 aromatic rings. The number of halogens is 2. The third kappa shape index (κ3) is 1.91. The van der Waals surface area contributed by atoms with Crippen molar-refractivity contribution in [1.82, 2.24) is 4.90 Å². The maximum atomic E-state index is 11.8. The highest BCUT2D eigenvalue weighted by Gasteiger charge is 2.44. The second-order valence-electron chi connectivity index (χ2n) is 4.53. The minimum Gasteiger partial charge on any atom is -0.385 e. The van der Waals surface area contributed by atoms with E-state index in [9.17, 15) is 4.79 Å². The largest absolute Gasteiger partial charge is 0.385 e. The van der Waals surface area contributed by atoms with E-state index >= 15 is 0 Å². The van der Waals surface area contributed by atoms with Gasteiger partial charge in [-0.3, -0.25) is 0 Å². The molecule has 4 nitrogen and oxygen atoms in total. The molecule has 94 valence electrons. The van der Waals surface area contributed by atoms with Crippen molar-refractivity contribution in [2.75, 3.05) is 0 Å². The van der Waals surface area contributed by atoms with Gasteiger partial charge in [0.15, 0.2) is 0 Å². The standard InChI is InChI=1S/C12H11BrClN3O/c13-6-1-4-8(9(14)5-6)10-11(15)16-12(18)17(10)7-2-3-7/h1,4-5,7,10H,2-3H2,(H2,15,16,18). The van der Waals surface area contributed by atoms with E-state index in [4.69, 9.17) is 17.3 Å². The maximum Gasteiger partial charge on any atom is 0.346 e. The van der Waals surface area contributed by atoms with Crippen LogP contribution in [0.25, 0.3) is 0 Å². The Morgan fingerprint density at radius 2 is 2.17 bits per heavy atom. The zero-order valence-corrected chi connectivity index (χ0v) is 11.8. The first-order valence-electron chi connectivity index (χ1n) is 5.69. The molecule has 1 saturated carbocycles. The number of nitrogens with two attached hydrogens (primary N) is 1. The molecule has 18 heavy (non-hydrogen) atoms. The number of amides is 2. The van der Waals surface area contributed by atoms with E-state index < -0.39 is 0 Å². The van der Waals surface area contributed by atoms with Crippen LogP contribution in [-0.4, -0.2) is 22.8 Å². The molecular formula is C12H11BrClN3O. The molecule has 6 heteroatoms. The highest BCUT2D eigenvalue weighted by atomic mass is 79.9. The molecule has 0 radical (unpaired) electrons. The molecule has 2 aliphatic rings. The van der Waals surface area contributed by atoms with E-state index in [0.29, 0.717) is 10.9 Å². The molecule has 1 unspecified atom stereocenters. The van der Waals surface area contributed by atoms with Crippen LogP contribution >= 0.6 is 27.5 Å². The van der Waals surface area contributed by atoms with Gasteiger partial charge >= 0.3 is 6.03 Å². The highest BCUT2D eigenvalue weighted by molar-refractivity contribution is 9.10. The summed E-state index contributed by atoms with van der Waals surface area (Å²) < 4.78 is 0.897. The molecular weight excluding hydrogens is 318 g/mol. The van der Waals surface area contributed by atoms with Crippen molar-refractivity contribution >= 4 is 39.4 Å². The van der Waals surface area contributed by atoms with Gasteiger partial charge in [-0.2, -0.15) is 4.99 Å². The van der Waals surface area contributed by atoms with Crippen molar-refractivity contribution in [3.63, 3.8) is 0 Å². The van der Waals surface area contributed by atoms with Gasteiger partial charge in [-0.1, -0.05) is 33.6 Å². The van der Waals surface area contributed by atoms with Gasteiger partial charge in [0.2, 0.25) is 0 Å². The Hall–Kier alpha value is -1.07. The first-order chi connectivity index (χ1) is 8.58. The van der Waals surface area contributed by atoms with Gasteiger partial charge < -0.3 is 10.6 Å². The maximum absolute atomic E-state index is 11.8. The topological polar surface area (TPSA) is 58.7 Å². The van der Waals surface area contributed by atoms with E-state index in [0.717, 1.165) is 22.9 Å². The zero-order valence-electron chi connectivity index (χ0n) is 9.44. The quantitative estimate of drug-likeness (QED) is 0.907. The minimum atomic E-state index is -0.314. The summed E-state index contributed by atoms with van der Waals surface area (Å²) in [6.07, 6.45) is 2.03. The van der Waals surface area contributed by atoms with Crippen molar-refractivity contribution in [3.05, 3.63) is 33.3 Å². The van der Waals surface area contributed by atoms with Crippen LogP contribution in [-0.2, 0) is 0 Å². The lowest BCUT2D eigenvalue weighted by Crippen LogP contribution is -2.35. The second-order valence-corrected chi connectivity index (χ2v) is 5.85. The number of benzene rings is 1. The zero-order chi connectivity index (χ0) is 12.9. The van der Waals surface area contributed by atoms with E-state index in [1.165, 1.54) is 0 Å². The van der Waals surface area contributed by atoms with Gasteiger partial charge in [0, 0.05) is 21.1 Å². The summed E-state index contributed by atoms with van der Waals surface area (Å²) in [7, 11) is 0. The monoisotopic (exact) mass is 327 g/mol. The summed E-state index contributed by atoms with van der Waals surface area (Å²) in [5.41, 5.74) is 6.71. The fourth-order valence-electron chi connectivity index (χ4n) is 2.23. The Kier molecular flexibility index (Phi) is 2.83. The number of rotatable bonds is 2. The van der Waals surface area contributed by atoms with Gasteiger partial charge in [-0.15, -0.1) is 0 Å². The minimum absolute atomic E-state index is 0.251. The Morgan fingerprint density at radius 1 is 1.44 bits per heavy atom. The molecule has 1 heterocycles.